The van der Waals surface area contributed by atoms with E-state index in [1.165, 1.54) is 6.08 Å². The molecule has 0 atom stereocenters. The summed E-state index contributed by atoms with van der Waals surface area (Å²) in [6.07, 6.45) is 5.52. The molecule has 0 spiro atoms. The predicted molar refractivity (Wildman–Crippen MR) is 113 cm³/mol. The Kier molecular flexibility index (Phi) is 6.39. The molecule has 0 saturated carbocycles. The van der Waals surface area contributed by atoms with Crippen LogP contribution in [0.25, 0.3) is 6.08 Å². The van der Waals surface area contributed by atoms with E-state index >= 15 is 0 Å². The zero-order valence-corrected chi connectivity index (χ0v) is 16.6. The van der Waals surface area contributed by atoms with E-state index in [2.05, 4.69) is 0 Å². The minimum atomic E-state index is -0.560. The zero-order valence-electron chi connectivity index (χ0n) is 16.6. The minimum Gasteiger partial charge on any atom is -0.268 e. The average Bonchev–Trinajstić information content (AvgIpc) is 2.71. The molecule has 0 radical (unpaired) electrons. The molecule has 1 aliphatic rings. The number of allylic oxidation sites excluding steroid dienone is 2. The molecule has 5 nitrogen and oxygen atoms in total. The van der Waals surface area contributed by atoms with Crippen molar-refractivity contribution in [3.05, 3.63) is 89.5 Å². The minimum absolute atomic E-state index is 0.00135. The second-order valence-corrected chi connectivity index (χ2v) is 7.09. The van der Waals surface area contributed by atoms with Gasteiger partial charge in [-0.25, -0.2) is 4.79 Å². The lowest BCUT2D eigenvalue weighted by atomic mass is 10.1. The first-order valence-electron chi connectivity index (χ1n) is 9.65. The SMILES string of the molecule is CC(C)N1C(=O)C(=CC=Cc2ccccc2)C(=O)N(CCc2ccccc2)C1=O. The summed E-state index contributed by atoms with van der Waals surface area (Å²) in [4.78, 5) is 40.9. The van der Waals surface area contributed by atoms with E-state index in [0.717, 1.165) is 20.9 Å². The van der Waals surface area contributed by atoms with Gasteiger partial charge in [-0.3, -0.25) is 19.4 Å². The molecule has 2 aromatic carbocycles. The van der Waals surface area contributed by atoms with Crippen LogP contribution < -0.4 is 0 Å². The van der Waals surface area contributed by atoms with Crippen LogP contribution in [0.1, 0.15) is 25.0 Å². The summed E-state index contributed by atoms with van der Waals surface area (Å²) < 4.78 is 0. The Bertz CT molecular complexity index is 947. The fraction of sp³-hybridized carbons (Fsp3) is 0.208. The van der Waals surface area contributed by atoms with Gasteiger partial charge in [0.2, 0.25) is 0 Å². The maximum Gasteiger partial charge on any atom is 0.334 e. The summed E-state index contributed by atoms with van der Waals surface area (Å²) in [5.41, 5.74) is 1.98. The summed E-state index contributed by atoms with van der Waals surface area (Å²) in [5.74, 6) is -1.10. The topological polar surface area (TPSA) is 57.7 Å². The van der Waals surface area contributed by atoms with E-state index in [4.69, 9.17) is 0 Å². The maximum absolute atomic E-state index is 12.9. The fourth-order valence-corrected chi connectivity index (χ4v) is 3.17. The molecule has 3 rings (SSSR count). The van der Waals surface area contributed by atoms with Crippen LogP contribution in [-0.4, -0.2) is 40.2 Å². The van der Waals surface area contributed by atoms with Gasteiger partial charge in [-0.05, 0) is 37.5 Å². The van der Waals surface area contributed by atoms with Gasteiger partial charge in [-0.15, -0.1) is 0 Å². The molecular formula is C24H24N2O3. The Hall–Kier alpha value is -3.47. The van der Waals surface area contributed by atoms with Crippen LogP contribution in [0.3, 0.4) is 0 Å². The highest BCUT2D eigenvalue weighted by atomic mass is 16.2. The van der Waals surface area contributed by atoms with Crippen LogP contribution in [0.15, 0.2) is 78.4 Å². The van der Waals surface area contributed by atoms with Gasteiger partial charge >= 0.3 is 6.03 Å². The highest BCUT2D eigenvalue weighted by molar-refractivity contribution is 6.29. The molecule has 0 aliphatic carbocycles. The van der Waals surface area contributed by atoms with Crippen LogP contribution >= 0.6 is 0 Å². The number of barbiturate groups is 1. The van der Waals surface area contributed by atoms with E-state index in [1.807, 2.05) is 66.7 Å². The normalized spacial score (nSPS) is 16.5. The summed E-state index contributed by atoms with van der Waals surface area (Å²) in [6, 6.07) is 18.3. The first kappa shape index (κ1) is 20.3. The van der Waals surface area contributed by atoms with E-state index in [9.17, 15) is 14.4 Å². The molecule has 0 aromatic heterocycles. The van der Waals surface area contributed by atoms with Gasteiger partial charge in [0.15, 0.2) is 0 Å². The van der Waals surface area contributed by atoms with Crippen molar-refractivity contribution in [3.63, 3.8) is 0 Å². The Balaban J connectivity index is 1.85. The van der Waals surface area contributed by atoms with E-state index < -0.39 is 17.8 Å². The van der Waals surface area contributed by atoms with E-state index in [1.54, 1.807) is 19.9 Å². The molecule has 29 heavy (non-hydrogen) atoms. The number of carbonyl (C=O) groups is 3. The summed E-state index contributed by atoms with van der Waals surface area (Å²) in [6.45, 7) is 3.74. The van der Waals surface area contributed by atoms with E-state index in [0.29, 0.717) is 6.42 Å². The number of amides is 4. The lowest BCUT2D eigenvalue weighted by Crippen LogP contribution is -2.58. The summed E-state index contributed by atoms with van der Waals surface area (Å²) >= 11 is 0. The number of imide groups is 2. The van der Waals surface area contributed by atoms with Crippen LogP contribution in [0, 0.1) is 0 Å². The third-order valence-electron chi connectivity index (χ3n) is 4.70. The second-order valence-electron chi connectivity index (χ2n) is 7.09. The Labute approximate surface area is 170 Å². The molecule has 1 saturated heterocycles. The summed E-state index contributed by atoms with van der Waals surface area (Å²) in [7, 11) is 0. The van der Waals surface area contributed by atoms with Gasteiger partial charge in [0.05, 0.1) is 0 Å². The van der Waals surface area contributed by atoms with Crippen molar-refractivity contribution in [3.8, 4) is 0 Å². The molecular weight excluding hydrogens is 364 g/mol. The largest absolute Gasteiger partial charge is 0.334 e. The number of hydrogen-bond donors (Lipinski definition) is 0. The Morgan fingerprint density at radius 3 is 2.10 bits per heavy atom. The average molecular weight is 388 g/mol. The lowest BCUT2D eigenvalue weighted by Gasteiger charge is -2.36. The molecule has 2 aromatic rings. The highest BCUT2D eigenvalue weighted by Gasteiger charge is 2.42. The number of rotatable bonds is 6. The quantitative estimate of drug-likeness (QED) is 0.554. The third kappa shape index (κ3) is 4.69. The third-order valence-corrected chi connectivity index (χ3v) is 4.70. The second kappa shape index (κ2) is 9.15. The molecule has 1 heterocycles. The van der Waals surface area contributed by atoms with E-state index in [-0.39, 0.29) is 18.2 Å². The number of hydrogen-bond acceptors (Lipinski definition) is 3. The fourth-order valence-electron chi connectivity index (χ4n) is 3.17. The van der Waals surface area contributed by atoms with Crippen molar-refractivity contribution in [1.82, 2.24) is 9.80 Å². The number of carbonyl (C=O) groups excluding carboxylic acids is 3. The highest BCUT2D eigenvalue weighted by Crippen LogP contribution is 2.21. The Morgan fingerprint density at radius 1 is 0.862 bits per heavy atom. The van der Waals surface area contributed by atoms with Crippen LogP contribution in [0.5, 0.6) is 0 Å². The molecule has 0 N–H and O–H groups in total. The van der Waals surface area contributed by atoms with Gasteiger partial charge < -0.3 is 0 Å². The van der Waals surface area contributed by atoms with Crippen molar-refractivity contribution in [2.24, 2.45) is 0 Å². The molecule has 0 unspecified atom stereocenters. The smallest absolute Gasteiger partial charge is 0.268 e. The molecule has 0 bridgehead atoms. The van der Waals surface area contributed by atoms with Gasteiger partial charge in [-0.2, -0.15) is 0 Å². The van der Waals surface area contributed by atoms with Crippen molar-refractivity contribution in [1.29, 1.82) is 0 Å². The van der Waals surface area contributed by atoms with Crippen molar-refractivity contribution in [2.45, 2.75) is 26.3 Å². The zero-order chi connectivity index (χ0) is 20.8. The number of nitrogens with zero attached hydrogens (tertiary/aromatic N) is 2. The number of benzene rings is 2. The lowest BCUT2D eigenvalue weighted by molar-refractivity contribution is -0.136. The van der Waals surface area contributed by atoms with Crippen molar-refractivity contribution in [2.75, 3.05) is 6.54 Å². The standard InChI is InChI=1S/C24H24N2O3/c1-18(2)26-23(28)21(15-9-14-19-10-5-3-6-11-19)22(27)25(24(26)29)17-16-20-12-7-4-8-13-20/h3-15,18H,16-17H2,1-2H3. The number of urea groups is 1. The van der Waals surface area contributed by atoms with Gasteiger partial charge in [0.1, 0.15) is 5.57 Å². The van der Waals surface area contributed by atoms with Gasteiger partial charge in [0.25, 0.3) is 11.8 Å². The first-order chi connectivity index (χ1) is 14.0. The monoisotopic (exact) mass is 388 g/mol. The maximum atomic E-state index is 12.9. The summed E-state index contributed by atoms with van der Waals surface area (Å²) in [5, 5.41) is 0. The molecule has 148 valence electrons. The molecule has 5 heteroatoms. The Morgan fingerprint density at radius 2 is 1.48 bits per heavy atom. The van der Waals surface area contributed by atoms with Gasteiger partial charge in [-0.1, -0.05) is 72.8 Å². The predicted octanol–water partition coefficient (Wildman–Crippen LogP) is 4.07. The van der Waals surface area contributed by atoms with Crippen molar-refractivity contribution < 1.29 is 14.4 Å². The van der Waals surface area contributed by atoms with Gasteiger partial charge in [0, 0.05) is 12.6 Å². The van der Waals surface area contributed by atoms with Crippen LogP contribution in [0.2, 0.25) is 0 Å². The van der Waals surface area contributed by atoms with Crippen LogP contribution in [0.4, 0.5) is 4.79 Å². The molecule has 1 fully saturated rings. The van der Waals surface area contributed by atoms with Crippen molar-refractivity contribution >= 4 is 23.9 Å². The molecule has 1 aliphatic heterocycles. The molecule has 4 amide bonds. The first-order valence-corrected chi connectivity index (χ1v) is 9.65. The van der Waals surface area contributed by atoms with Crippen LogP contribution in [-0.2, 0) is 16.0 Å².